The molecule has 0 bridgehead atoms. The van der Waals surface area contributed by atoms with Gasteiger partial charge in [0.1, 0.15) is 5.82 Å². The maximum atomic E-state index is 12.4. The minimum Gasteiger partial charge on any atom is -0.330 e. The fourth-order valence-electron chi connectivity index (χ4n) is 1.98. The van der Waals surface area contributed by atoms with Crippen LogP contribution < -0.4 is 11.3 Å². The molecule has 2 heterocycles. The lowest BCUT2D eigenvalue weighted by Gasteiger charge is -2.11. The smallest absolute Gasteiger partial charge is 0.294 e. The lowest BCUT2D eigenvalue weighted by Crippen LogP contribution is -2.27. The maximum Gasteiger partial charge on any atom is 0.294 e. The highest BCUT2D eigenvalue weighted by molar-refractivity contribution is 5.21. The molecule has 0 aliphatic rings. The van der Waals surface area contributed by atoms with E-state index in [-0.39, 0.29) is 5.56 Å². The SMILES string of the molecule is CC(C)Cn1ccnc(-n2ccnc2CCN)c1=O. The first-order valence-electron chi connectivity index (χ1n) is 6.41. The predicted molar refractivity (Wildman–Crippen MR) is 73.2 cm³/mol. The van der Waals surface area contributed by atoms with Gasteiger partial charge in [0.25, 0.3) is 5.56 Å². The van der Waals surface area contributed by atoms with Crippen molar-refractivity contribution in [2.75, 3.05) is 6.54 Å². The molecule has 2 rings (SSSR count). The minimum atomic E-state index is -0.104. The molecule has 0 amide bonds. The molecule has 0 saturated carbocycles. The van der Waals surface area contributed by atoms with Crippen LogP contribution in [0.15, 0.2) is 29.6 Å². The highest BCUT2D eigenvalue weighted by atomic mass is 16.1. The molecule has 6 heteroatoms. The molecule has 0 fully saturated rings. The first-order chi connectivity index (χ1) is 9.13. The van der Waals surface area contributed by atoms with Crippen LogP contribution in [0.5, 0.6) is 0 Å². The van der Waals surface area contributed by atoms with E-state index < -0.39 is 0 Å². The third-order valence-electron chi connectivity index (χ3n) is 2.77. The molecule has 0 spiro atoms. The fourth-order valence-corrected chi connectivity index (χ4v) is 1.98. The van der Waals surface area contributed by atoms with Crippen molar-refractivity contribution in [1.29, 1.82) is 0 Å². The highest BCUT2D eigenvalue weighted by Gasteiger charge is 2.11. The third-order valence-corrected chi connectivity index (χ3v) is 2.77. The summed E-state index contributed by atoms with van der Waals surface area (Å²) >= 11 is 0. The molecule has 0 aliphatic heterocycles. The topological polar surface area (TPSA) is 78.7 Å². The summed E-state index contributed by atoms with van der Waals surface area (Å²) in [6.07, 6.45) is 7.38. The zero-order valence-corrected chi connectivity index (χ0v) is 11.3. The van der Waals surface area contributed by atoms with Crippen LogP contribution in [0, 0.1) is 5.92 Å². The van der Waals surface area contributed by atoms with Gasteiger partial charge in [0.2, 0.25) is 5.82 Å². The molecule has 6 nitrogen and oxygen atoms in total. The summed E-state index contributed by atoms with van der Waals surface area (Å²) in [6, 6.07) is 0. The van der Waals surface area contributed by atoms with Crippen molar-refractivity contribution in [3.63, 3.8) is 0 Å². The molecule has 0 aromatic carbocycles. The number of aromatic nitrogens is 4. The van der Waals surface area contributed by atoms with Crippen LogP contribution in [0.3, 0.4) is 0 Å². The van der Waals surface area contributed by atoms with Crippen molar-refractivity contribution in [2.24, 2.45) is 11.7 Å². The van der Waals surface area contributed by atoms with Crippen LogP contribution in [0.25, 0.3) is 5.82 Å². The van der Waals surface area contributed by atoms with Gasteiger partial charge in [0.15, 0.2) is 0 Å². The van der Waals surface area contributed by atoms with Gasteiger partial charge in [-0.25, -0.2) is 9.97 Å². The number of nitrogens with two attached hydrogens (primary N) is 1. The van der Waals surface area contributed by atoms with Crippen LogP contribution in [-0.2, 0) is 13.0 Å². The van der Waals surface area contributed by atoms with Crippen LogP contribution in [0.4, 0.5) is 0 Å². The molecular formula is C13H19N5O. The molecule has 0 aliphatic carbocycles. The van der Waals surface area contributed by atoms with Crippen LogP contribution in [0.1, 0.15) is 19.7 Å². The molecule has 0 saturated heterocycles. The Kier molecular flexibility index (Phi) is 4.11. The number of imidazole rings is 1. The van der Waals surface area contributed by atoms with Crippen molar-refractivity contribution in [3.05, 3.63) is 41.0 Å². The Bertz CT molecular complexity index is 599. The second-order valence-electron chi connectivity index (χ2n) is 4.85. The van der Waals surface area contributed by atoms with Gasteiger partial charge in [-0.05, 0) is 12.5 Å². The van der Waals surface area contributed by atoms with E-state index in [0.29, 0.717) is 31.2 Å². The average Bonchev–Trinajstić information content (AvgIpc) is 2.80. The van der Waals surface area contributed by atoms with Gasteiger partial charge >= 0.3 is 0 Å². The average molecular weight is 261 g/mol. The van der Waals surface area contributed by atoms with E-state index in [1.807, 2.05) is 0 Å². The van der Waals surface area contributed by atoms with Crippen molar-refractivity contribution < 1.29 is 0 Å². The molecule has 102 valence electrons. The Morgan fingerprint density at radius 3 is 2.68 bits per heavy atom. The summed E-state index contributed by atoms with van der Waals surface area (Å²) in [4.78, 5) is 20.8. The van der Waals surface area contributed by atoms with Crippen molar-refractivity contribution in [1.82, 2.24) is 19.1 Å². The Balaban J connectivity index is 2.45. The van der Waals surface area contributed by atoms with Gasteiger partial charge in [-0.3, -0.25) is 9.36 Å². The first kappa shape index (κ1) is 13.5. The Morgan fingerprint density at radius 2 is 2.00 bits per heavy atom. The van der Waals surface area contributed by atoms with Gasteiger partial charge in [-0.1, -0.05) is 13.8 Å². The molecular weight excluding hydrogens is 242 g/mol. The van der Waals surface area contributed by atoms with Gasteiger partial charge < -0.3 is 10.3 Å². The Labute approximate surface area is 111 Å². The summed E-state index contributed by atoms with van der Waals surface area (Å²) in [5, 5.41) is 0. The number of hydrogen-bond donors (Lipinski definition) is 1. The standard InChI is InChI=1S/C13H19N5O/c1-10(2)9-17-7-5-16-12(13(17)19)18-8-6-15-11(18)3-4-14/h5-8,10H,3-4,9,14H2,1-2H3. The largest absolute Gasteiger partial charge is 0.330 e. The number of rotatable bonds is 5. The van der Waals surface area contributed by atoms with E-state index in [2.05, 4.69) is 23.8 Å². The van der Waals surface area contributed by atoms with Crippen molar-refractivity contribution in [3.8, 4) is 5.82 Å². The normalized spacial score (nSPS) is 11.2. The van der Waals surface area contributed by atoms with Crippen LogP contribution in [-0.4, -0.2) is 25.6 Å². The summed E-state index contributed by atoms with van der Waals surface area (Å²) in [5.74, 6) is 1.54. The van der Waals surface area contributed by atoms with E-state index in [0.717, 1.165) is 5.82 Å². The van der Waals surface area contributed by atoms with Gasteiger partial charge in [0.05, 0.1) is 0 Å². The lowest BCUT2D eigenvalue weighted by molar-refractivity contribution is 0.507. The second kappa shape index (κ2) is 5.79. The molecule has 2 N–H and O–H groups in total. The van der Waals surface area contributed by atoms with E-state index in [1.54, 1.807) is 33.9 Å². The number of hydrogen-bond acceptors (Lipinski definition) is 4. The molecule has 2 aromatic rings. The van der Waals surface area contributed by atoms with Gasteiger partial charge in [0, 0.05) is 37.8 Å². The molecule has 2 aromatic heterocycles. The van der Waals surface area contributed by atoms with Crippen molar-refractivity contribution in [2.45, 2.75) is 26.8 Å². The van der Waals surface area contributed by atoms with Gasteiger partial charge in [-0.2, -0.15) is 0 Å². The third kappa shape index (κ3) is 2.90. The van der Waals surface area contributed by atoms with Crippen LogP contribution in [0.2, 0.25) is 0 Å². The predicted octanol–water partition coefficient (Wildman–Crippen LogP) is 0.586. The zero-order valence-electron chi connectivity index (χ0n) is 11.3. The summed E-state index contributed by atoms with van der Waals surface area (Å²) < 4.78 is 3.39. The quantitative estimate of drug-likeness (QED) is 0.854. The van der Waals surface area contributed by atoms with Crippen LogP contribution >= 0.6 is 0 Å². The number of nitrogens with zero attached hydrogens (tertiary/aromatic N) is 4. The second-order valence-corrected chi connectivity index (χ2v) is 4.85. The van der Waals surface area contributed by atoms with E-state index >= 15 is 0 Å². The molecule has 0 unspecified atom stereocenters. The monoisotopic (exact) mass is 261 g/mol. The van der Waals surface area contributed by atoms with E-state index in [9.17, 15) is 4.79 Å². The lowest BCUT2D eigenvalue weighted by atomic mass is 10.2. The van der Waals surface area contributed by atoms with E-state index in [1.165, 1.54) is 0 Å². The fraction of sp³-hybridized carbons (Fsp3) is 0.462. The van der Waals surface area contributed by atoms with Gasteiger partial charge in [-0.15, -0.1) is 0 Å². The Hall–Kier alpha value is -1.95. The molecule has 0 atom stereocenters. The zero-order chi connectivity index (χ0) is 13.8. The maximum absolute atomic E-state index is 12.4. The Morgan fingerprint density at radius 1 is 1.26 bits per heavy atom. The summed E-state index contributed by atoms with van der Waals surface area (Å²) in [7, 11) is 0. The highest BCUT2D eigenvalue weighted by Crippen LogP contribution is 2.04. The summed E-state index contributed by atoms with van der Waals surface area (Å²) in [6.45, 7) is 5.31. The summed E-state index contributed by atoms with van der Waals surface area (Å²) in [5.41, 5.74) is 5.44. The molecule has 0 radical (unpaired) electrons. The van der Waals surface area contributed by atoms with Crippen molar-refractivity contribution >= 4 is 0 Å². The first-order valence-corrected chi connectivity index (χ1v) is 6.41. The van der Waals surface area contributed by atoms with E-state index in [4.69, 9.17) is 5.73 Å². The minimum absolute atomic E-state index is 0.104. The molecule has 19 heavy (non-hydrogen) atoms.